The van der Waals surface area contributed by atoms with E-state index in [-0.39, 0.29) is 24.2 Å². The Morgan fingerprint density at radius 1 is 1.47 bits per heavy atom. The topological polar surface area (TPSA) is 52.6 Å². The highest BCUT2D eigenvalue weighted by Crippen LogP contribution is 2.21. The summed E-state index contributed by atoms with van der Waals surface area (Å²) in [6.45, 7) is 1.31. The molecule has 1 aliphatic heterocycles. The van der Waals surface area contributed by atoms with Crippen molar-refractivity contribution in [1.82, 2.24) is 4.90 Å². The number of aliphatic hydroxyl groups excluding tert-OH is 1. The van der Waals surface area contributed by atoms with E-state index in [0.29, 0.717) is 18.1 Å². The molecule has 0 bridgehead atoms. The van der Waals surface area contributed by atoms with Crippen molar-refractivity contribution in [3.63, 3.8) is 0 Å². The van der Waals surface area contributed by atoms with E-state index in [1.165, 1.54) is 12.1 Å². The lowest BCUT2D eigenvalue weighted by molar-refractivity contribution is 0.143. The SMILES string of the molecule is O=C(Nc1ccc(Cl)cc1F)N1CCC(CO)CC1. The summed E-state index contributed by atoms with van der Waals surface area (Å²) in [7, 11) is 0. The van der Waals surface area contributed by atoms with Gasteiger partial charge in [-0.1, -0.05) is 11.6 Å². The van der Waals surface area contributed by atoms with Crippen LogP contribution in [0.1, 0.15) is 12.8 Å². The second kappa shape index (κ2) is 6.21. The number of nitrogens with zero attached hydrogens (tertiary/aromatic N) is 1. The number of carbonyl (C=O) groups excluding carboxylic acids is 1. The Bertz CT molecular complexity index is 462. The minimum absolute atomic E-state index is 0.124. The Balaban J connectivity index is 1.94. The number of urea groups is 1. The summed E-state index contributed by atoms with van der Waals surface area (Å²) >= 11 is 5.65. The Morgan fingerprint density at radius 2 is 2.16 bits per heavy atom. The van der Waals surface area contributed by atoms with Crippen molar-refractivity contribution >= 4 is 23.3 Å². The lowest BCUT2D eigenvalue weighted by Gasteiger charge is -2.31. The van der Waals surface area contributed by atoms with Crippen LogP contribution in [0.4, 0.5) is 14.9 Å². The van der Waals surface area contributed by atoms with Crippen molar-refractivity contribution in [3.05, 3.63) is 29.0 Å². The molecule has 19 heavy (non-hydrogen) atoms. The minimum atomic E-state index is -0.550. The zero-order valence-corrected chi connectivity index (χ0v) is 11.2. The summed E-state index contributed by atoms with van der Waals surface area (Å²) < 4.78 is 13.5. The van der Waals surface area contributed by atoms with E-state index in [1.807, 2.05) is 0 Å². The van der Waals surface area contributed by atoms with E-state index in [4.69, 9.17) is 16.7 Å². The maximum atomic E-state index is 13.5. The fourth-order valence-electron chi connectivity index (χ4n) is 2.10. The van der Waals surface area contributed by atoms with Gasteiger partial charge < -0.3 is 15.3 Å². The minimum Gasteiger partial charge on any atom is -0.396 e. The normalized spacial score (nSPS) is 16.5. The number of amides is 2. The van der Waals surface area contributed by atoms with Gasteiger partial charge in [0.1, 0.15) is 5.82 Å². The largest absolute Gasteiger partial charge is 0.396 e. The number of halogens is 2. The molecular weight excluding hydrogens is 271 g/mol. The number of aliphatic hydroxyl groups is 1. The number of benzene rings is 1. The molecule has 0 spiro atoms. The molecule has 0 aliphatic carbocycles. The predicted molar refractivity (Wildman–Crippen MR) is 71.8 cm³/mol. The Labute approximate surface area is 116 Å². The van der Waals surface area contributed by atoms with Gasteiger partial charge >= 0.3 is 6.03 Å². The van der Waals surface area contributed by atoms with Gasteiger partial charge in [0.2, 0.25) is 0 Å². The summed E-state index contributed by atoms with van der Waals surface area (Å²) in [6.07, 6.45) is 1.54. The van der Waals surface area contributed by atoms with E-state index >= 15 is 0 Å². The molecule has 1 saturated heterocycles. The third kappa shape index (κ3) is 3.58. The van der Waals surface area contributed by atoms with Crippen molar-refractivity contribution in [2.75, 3.05) is 25.0 Å². The Kier molecular flexibility index (Phi) is 4.61. The third-order valence-electron chi connectivity index (χ3n) is 3.33. The molecule has 1 aromatic rings. The highest BCUT2D eigenvalue weighted by atomic mass is 35.5. The van der Waals surface area contributed by atoms with Gasteiger partial charge in [-0.05, 0) is 37.0 Å². The van der Waals surface area contributed by atoms with Crippen LogP contribution >= 0.6 is 11.6 Å². The van der Waals surface area contributed by atoms with Crippen LogP contribution in [-0.2, 0) is 0 Å². The number of anilines is 1. The van der Waals surface area contributed by atoms with Crippen molar-refractivity contribution in [2.24, 2.45) is 5.92 Å². The second-order valence-corrected chi connectivity index (χ2v) is 5.10. The van der Waals surface area contributed by atoms with Crippen LogP contribution in [0.25, 0.3) is 0 Å². The zero-order valence-electron chi connectivity index (χ0n) is 10.4. The molecule has 1 aromatic carbocycles. The van der Waals surface area contributed by atoms with Crippen LogP contribution in [0.3, 0.4) is 0 Å². The molecule has 0 aromatic heterocycles. The number of likely N-dealkylation sites (tertiary alicyclic amines) is 1. The molecule has 1 aliphatic rings. The first kappa shape index (κ1) is 14.1. The van der Waals surface area contributed by atoms with Gasteiger partial charge in [0.05, 0.1) is 5.69 Å². The van der Waals surface area contributed by atoms with Crippen LogP contribution in [-0.4, -0.2) is 35.7 Å². The molecular formula is C13H16ClFN2O2. The van der Waals surface area contributed by atoms with E-state index in [9.17, 15) is 9.18 Å². The first-order valence-electron chi connectivity index (χ1n) is 6.22. The fourth-order valence-corrected chi connectivity index (χ4v) is 2.26. The standard InChI is InChI=1S/C13H16ClFN2O2/c14-10-1-2-12(11(15)7-10)16-13(19)17-5-3-9(8-18)4-6-17/h1-2,7,9,18H,3-6,8H2,(H,16,19). The summed E-state index contributed by atoms with van der Waals surface area (Å²) in [5, 5.41) is 11.9. The molecule has 0 atom stereocenters. The van der Waals surface area contributed by atoms with Gasteiger partial charge in [0, 0.05) is 24.7 Å². The molecule has 0 radical (unpaired) electrons. The number of piperidine rings is 1. The molecule has 1 fully saturated rings. The first-order valence-corrected chi connectivity index (χ1v) is 6.60. The van der Waals surface area contributed by atoms with Crippen molar-refractivity contribution in [2.45, 2.75) is 12.8 Å². The summed E-state index contributed by atoms with van der Waals surface area (Å²) in [5.41, 5.74) is 0.124. The molecule has 6 heteroatoms. The quantitative estimate of drug-likeness (QED) is 0.878. The lowest BCUT2D eigenvalue weighted by Crippen LogP contribution is -2.41. The van der Waals surface area contributed by atoms with Crippen molar-refractivity contribution in [3.8, 4) is 0 Å². The molecule has 0 saturated carbocycles. The van der Waals surface area contributed by atoms with Crippen LogP contribution in [0, 0.1) is 11.7 Å². The summed E-state index contributed by atoms with van der Waals surface area (Å²) in [6, 6.07) is 3.81. The van der Waals surface area contributed by atoms with Crippen molar-refractivity contribution in [1.29, 1.82) is 0 Å². The van der Waals surface area contributed by atoms with Crippen LogP contribution in [0.5, 0.6) is 0 Å². The van der Waals surface area contributed by atoms with Crippen LogP contribution < -0.4 is 5.32 Å². The molecule has 2 N–H and O–H groups in total. The maximum Gasteiger partial charge on any atom is 0.321 e. The van der Waals surface area contributed by atoms with Gasteiger partial charge in [-0.2, -0.15) is 0 Å². The number of rotatable bonds is 2. The third-order valence-corrected chi connectivity index (χ3v) is 3.57. The summed E-state index contributed by atoms with van der Waals surface area (Å²) in [4.78, 5) is 13.6. The van der Waals surface area contributed by atoms with Gasteiger partial charge in [0.15, 0.2) is 0 Å². The highest BCUT2D eigenvalue weighted by molar-refractivity contribution is 6.30. The van der Waals surface area contributed by atoms with E-state index < -0.39 is 5.82 Å². The van der Waals surface area contributed by atoms with E-state index in [1.54, 1.807) is 4.90 Å². The summed E-state index contributed by atoms with van der Waals surface area (Å²) in [5.74, 6) is -0.289. The molecule has 104 valence electrons. The monoisotopic (exact) mass is 286 g/mol. The Morgan fingerprint density at radius 3 is 2.74 bits per heavy atom. The average Bonchev–Trinajstić information content (AvgIpc) is 2.42. The molecule has 2 rings (SSSR count). The number of hydrogen-bond acceptors (Lipinski definition) is 2. The van der Waals surface area contributed by atoms with Crippen LogP contribution in [0.2, 0.25) is 5.02 Å². The van der Waals surface area contributed by atoms with Gasteiger partial charge in [-0.3, -0.25) is 0 Å². The number of hydrogen-bond donors (Lipinski definition) is 2. The number of nitrogens with one attached hydrogen (secondary N) is 1. The van der Waals surface area contributed by atoms with Crippen LogP contribution in [0.15, 0.2) is 18.2 Å². The predicted octanol–water partition coefficient (Wildman–Crippen LogP) is 2.72. The number of carbonyl (C=O) groups is 1. The second-order valence-electron chi connectivity index (χ2n) is 4.67. The fraction of sp³-hybridized carbons (Fsp3) is 0.462. The molecule has 1 heterocycles. The first-order chi connectivity index (χ1) is 9.10. The lowest BCUT2D eigenvalue weighted by atomic mass is 9.98. The van der Waals surface area contributed by atoms with Gasteiger partial charge in [-0.15, -0.1) is 0 Å². The average molecular weight is 287 g/mol. The zero-order chi connectivity index (χ0) is 13.8. The molecule has 0 unspecified atom stereocenters. The smallest absolute Gasteiger partial charge is 0.321 e. The van der Waals surface area contributed by atoms with Gasteiger partial charge in [0.25, 0.3) is 0 Å². The van der Waals surface area contributed by atoms with Crippen molar-refractivity contribution < 1.29 is 14.3 Å². The molecule has 4 nitrogen and oxygen atoms in total. The molecule has 2 amide bonds. The Hall–Kier alpha value is -1.33. The van der Waals surface area contributed by atoms with E-state index in [2.05, 4.69) is 5.32 Å². The highest BCUT2D eigenvalue weighted by Gasteiger charge is 2.22. The van der Waals surface area contributed by atoms with Gasteiger partial charge in [-0.25, -0.2) is 9.18 Å². The van der Waals surface area contributed by atoms with E-state index in [0.717, 1.165) is 18.9 Å². The maximum absolute atomic E-state index is 13.5.